The normalized spacial score (nSPS) is 10.5. The maximum Gasteiger partial charge on any atom is 4.00 e. The summed E-state index contributed by atoms with van der Waals surface area (Å²) < 4.78 is 36.0. The molecule has 0 saturated carbocycles. The van der Waals surface area contributed by atoms with E-state index in [-0.39, 0.29) is 93.3 Å². The van der Waals surface area contributed by atoms with Gasteiger partial charge in [-0.15, -0.1) is 49.8 Å². The van der Waals surface area contributed by atoms with E-state index >= 15 is 0 Å². The summed E-state index contributed by atoms with van der Waals surface area (Å²) in [6.45, 7) is 47.9. The van der Waals surface area contributed by atoms with Gasteiger partial charge in [0.15, 0.2) is 0 Å². The average Bonchev–Trinajstić information content (AvgIpc) is 3.00. The molecule has 16 nitrogen and oxygen atoms in total. The molecule has 0 aliphatic carbocycles. The minimum absolute atomic E-state index is 0. The summed E-state index contributed by atoms with van der Waals surface area (Å²) >= 11 is 0. The van der Waals surface area contributed by atoms with Crippen LogP contribution in [-0.2, 0) is 70.0 Å². The Morgan fingerprint density at radius 2 is 0.409 bits per heavy atom. The van der Waals surface area contributed by atoms with E-state index < -0.39 is 54.2 Å². The molecule has 0 rings (SSSR count). The van der Waals surface area contributed by atoms with E-state index in [1.807, 2.05) is 83.1 Å². The molecule has 0 amide bonds. The Hall–Kier alpha value is 1.22. The van der Waals surface area contributed by atoms with Crippen LogP contribution in [0.25, 0.3) is 0 Å². The van der Waals surface area contributed by atoms with Crippen LogP contribution in [0.4, 0.5) is 0 Å². The first kappa shape index (κ1) is 96.7. The fraction of sp³-hybridized carbons (Fsp3) is 1.00. The van der Waals surface area contributed by atoms with Crippen molar-refractivity contribution in [2.24, 2.45) is 11.5 Å². The second-order valence-corrected chi connectivity index (χ2v) is 22.2. The van der Waals surface area contributed by atoms with Crippen LogP contribution in [0.2, 0.25) is 12.1 Å². The molecule has 0 atom stereocenters. The molecule has 0 aromatic heterocycles. The van der Waals surface area contributed by atoms with Crippen molar-refractivity contribution >= 4 is 17.6 Å². The van der Waals surface area contributed by atoms with Crippen LogP contribution in [0.5, 0.6) is 0 Å². The standard InChI is InChI=1S/2C12H29NO3Si.6C3H7O.2C2H5O.2Ti/c2*1-10(2)14-17(9-7-8-13,15-11(3)4)16-12(5)6;6*1-3(2)4;2*1-2-3;;/h2*10-12H,7-9,13H2,1-6H3;6*3H,1-2H3;2*2H2,1H3;;/q;;8*-1;2*+4. The van der Waals surface area contributed by atoms with E-state index in [1.54, 1.807) is 96.9 Å². The number of hydrogen-bond donors (Lipinski definition) is 2. The summed E-state index contributed by atoms with van der Waals surface area (Å²) in [5.41, 5.74) is 11.2. The molecule has 4 N–H and O–H groups in total. The van der Waals surface area contributed by atoms with Gasteiger partial charge < -0.3 is 78.9 Å². The Labute approximate surface area is 441 Å². The molecule has 0 spiro atoms. The number of nitrogens with two attached hydrogens (primary N) is 2. The van der Waals surface area contributed by atoms with Gasteiger partial charge in [-0.25, -0.2) is 0 Å². The number of rotatable bonds is 18. The molecule has 0 bridgehead atoms. The Bertz CT molecular complexity index is 636. The van der Waals surface area contributed by atoms with Gasteiger partial charge in [0.1, 0.15) is 0 Å². The van der Waals surface area contributed by atoms with E-state index in [4.69, 9.17) is 48.2 Å². The molecule has 0 aliphatic heterocycles. The van der Waals surface area contributed by atoms with Crippen LogP contribution in [0.1, 0.15) is 193 Å². The van der Waals surface area contributed by atoms with Gasteiger partial charge in [-0.3, -0.25) is 0 Å². The minimum Gasteiger partial charge on any atom is -0.855 e. The van der Waals surface area contributed by atoms with Crippen molar-refractivity contribution in [3.05, 3.63) is 0 Å². The zero-order valence-corrected chi connectivity index (χ0v) is 52.6. The summed E-state index contributed by atoms with van der Waals surface area (Å²) in [6.07, 6.45) is -0.104. The molecule has 20 heteroatoms. The van der Waals surface area contributed by atoms with Crippen LogP contribution in [0.3, 0.4) is 0 Å². The van der Waals surface area contributed by atoms with E-state index in [2.05, 4.69) is 0 Å². The van der Waals surface area contributed by atoms with Crippen LogP contribution in [-0.4, -0.2) is 117 Å². The Balaban J connectivity index is -0.0000000544. The van der Waals surface area contributed by atoms with Crippen molar-refractivity contribution < 1.29 is 111 Å². The molecule has 66 heavy (non-hydrogen) atoms. The summed E-state index contributed by atoms with van der Waals surface area (Å²) in [6, 6.07) is 1.58. The van der Waals surface area contributed by atoms with Crippen molar-refractivity contribution in [1.29, 1.82) is 0 Å². The topological polar surface area (TPSA) is 292 Å². The molecule has 0 radical (unpaired) electrons. The summed E-state index contributed by atoms with van der Waals surface area (Å²) in [5.74, 6) is 0. The van der Waals surface area contributed by atoms with Crippen molar-refractivity contribution in [2.45, 2.75) is 278 Å². The fourth-order valence-corrected chi connectivity index (χ4v) is 9.94. The molecular formula is C46H110N2O14Si2Ti2. The number of hydrogen-bond acceptors (Lipinski definition) is 16. The molecule has 404 valence electrons. The molecule has 0 heterocycles. The largest absolute Gasteiger partial charge is 4.00 e. The van der Waals surface area contributed by atoms with Crippen LogP contribution in [0, 0.1) is 0 Å². The van der Waals surface area contributed by atoms with Gasteiger partial charge in [-0.1, -0.05) is 96.9 Å². The van der Waals surface area contributed by atoms with Crippen molar-refractivity contribution in [3.8, 4) is 0 Å². The first-order valence-electron chi connectivity index (χ1n) is 23.4. The monoisotopic (exact) mass is 1070 g/mol. The van der Waals surface area contributed by atoms with E-state index in [0.717, 1.165) is 24.9 Å². The minimum atomic E-state index is -2.59. The fourth-order valence-electron chi connectivity index (χ4n) is 3.31. The molecule has 0 saturated heterocycles. The van der Waals surface area contributed by atoms with Crippen LogP contribution in [0.15, 0.2) is 0 Å². The summed E-state index contributed by atoms with van der Waals surface area (Å²) in [4.78, 5) is 0. The zero-order valence-electron chi connectivity index (χ0n) is 47.5. The first-order chi connectivity index (χ1) is 28.8. The van der Waals surface area contributed by atoms with Gasteiger partial charge in [0.25, 0.3) is 0 Å². The molecule has 0 fully saturated rings. The average molecular weight is 1070 g/mol. The van der Waals surface area contributed by atoms with Gasteiger partial charge in [-0.05, 0) is 109 Å². The summed E-state index contributed by atoms with van der Waals surface area (Å²) in [5, 5.41) is 75.0. The van der Waals surface area contributed by atoms with E-state index in [1.165, 1.54) is 0 Å². The molecular weight excluding hydrogens is 956 g/mol. The third-order valence-electron chi connectivity index (χ3n) is 3.87. The first-order valence-corrected chi connectivity index (χ1v) is 27.3. The molecule has 0 aromatic carbocycles. The summed E-state index contributed by atoms with van der Waals surface area (Å²) in [7, 11) is -5.17. The molecule has 0 aliphatic rings. The Kier molecular flexibility index (Phi) is 103. The predicted molar refractivity (Wildman–Crippen MR) is 258 cm³/mol. The third-order valence-corrected chi connectivity index (χ3v) is 10.8. The SMILES string of the molecule is CC(C)O[Si](CCCN)(OC(C)C)OC(C)C.CC(C)O[Si](CCCN)(OC(C)C)OC(C)C.CC(C)[O-].CC(C)[O-].CC(C)[O-].CC(C)[O-].CC(C)[O-].CC(C)[O-].CC[O-].CC[O-].[Ti+4].[Ti+4]. The third kappa shape index (κ3) is 158. The predicted octanol–water partition coefficient (Wildman–Crippen LogP) is 2.36. The van der Waals surface area contributed by atoms with Gasteiger partial charge in [0.05, 0.1) is 0 Å². The van der Waals surface area contributed by atoms with Crippen molar-refractivity contribution in [3.63, 3.8) is 0 Å². The Morgan fingerprint density at radius 3 is 0.470 bits per heavy atom. The Morgan fingerprint density at radius 1 is 0.318 bits per heavy atom. The van der Waals surface area contributed by atoms with Gasteiger partial charge in [0.2, 0.25) is 0 Å². The smallest absolute Gasteiger partial charge is 0.855 e. The van der Waals surface area contributed by atoms with Crippen molar-refractivity contribution in [1.82, 2.24) is 0 Å². The second-order valence-electron chi connectivity index (χ2n) is 17.0. The van der Waals surface area contributed by atoms with Gasteiger partial charge in [-0.2, -0.15) is 0 Å². The quantitative estimate of drug-likeness (QED) is 0.186. The molecule has 0 aromatic rings. The van der Waals surface area contributed by atoms with Gasteiger partial charge >= 0.3 is 61.0 Å². The van der Waals surface area contributed by atoms with E-state index in [0.29, 0.717) is 13.1 Å². The second kappa shape index (κ2) is 70.5. The van der Waals surface area contributed by atoms with Crippen LogP contribution >= 0.6 is 0 Å². The zero-order chi connectivity index (χ0) is 53.8. The van der Waals surface area contributed by atoms with Crippen molar-refractivity contribution in [2.75, 3.05) is 26.3 Å². The van der Waals surface area contributed by atoms with Gasteiger partial charge in [0, 0.05) is 48.7 Å². The van der Waals surface area contributed by atoms with E-state index in [9.17, 15) is 30.6 Å². The maximum atomic E-state index is 9.53. The molecule has 0 unspecified atom stereocenters. The van der Waals surface area contributed by atoms with Crippen LogP contribution < -0.4 is 52.3 Å². The maximum absolute atomic E-state index is 9.53.